The van der Waals surface area contributed by atoms with E-state index in [4.69, 9.17) is 23.2 Å². The van der Waals surface area contributed by atoms with E-state index >= 15 is 0 Å². The minimum Gasteiger partial charge on any atom is -0.262 e. The van der Waals surface area contributed by atoms with Gasteiger partial charge in [0, 0.05) is 30.2 Å². The lowest BCUT2D eigenvalue weighted by molar-refractivity contribution is 1.27. The number of pyridine rings is 2. The van der Waals surface area contributed by atoms with Crippen molar-refractivity contribution in [3.8, 4) is 11.3 Å². The summed E-state index contributed by atoms with van der Waals surface area (Å²) in [6, 6.07) is 6.38. The minimum absolute atomic E-state index is 0.559. The van der Waals surface area contributed by atoms with Gasteiger partial charge in [0.05, 0.1) is 15.7 Å². The first-order valence-electron chi connectivity index (χ1n) is 3.90. The van der Waals surface area contributed by atoms with E-state index in [9.17, 15) is 0 Å². The molecule has 2 nitrogen and oxygen atoms in total. The van der Waals surface area contributed by atoms with E-state index in [1.54, 1.807) is 30.7 Å². The van der Waals surface area contributed by atoms with Gasteiger partial charge in [-0.1, -0.05) is 23.2 Å². The summed E-state index contributed by atoms with van der Waals surface area (Å²) < 4.78 is 0. The van der Waals surface area contributed by atoms with Crippen LogP contribution in [0, 0.1) is 6.07 Å². The Balaban J connectivity index is 2.44. The fourth-order valence-corrected chi connectivity index (χ4v) is 1.31. The molecule has 0 aliphatic rings. The van der Waals surface area contributed by atoms with Crippen LogP contribution in [-0.2, 0) is 0 Å². The molecular formula is C10H5Cl2N2. The maximum atomic E-state index is 5.80. The number of aromatic nitrogens is 2. The fourth-order valence-electron chi connectivity index (χ4n) is 1.04. The molecular weight excluding hydrogens is 219 g/mol. The van der Waals surface area contributed by atoms with Crippen LogP contribution < -0.4 is 0 Å². The summed E-state index contributed by atoms with van der Waals surface area (Å²) >= 11 is 11.5. The van der Waals surface area contributed by atoms with Gasteiger partial charge in [-0.2, -0.15) is 0 Å². The molecule has 2 aromatic rings. The highest BCUT2D eigenvalue weighted by Gasteiger charge is 2.00. The maximum Gasteiger partial charge on any atom is 0.0798 e. The molecule has 1 radical (unpaired) electrons. The zero-order chi connectivity index (χ0) is 9.97. The number of rotatable bonds is 1. The second-order valence-corrected chi connectivity index (χ2v) is 3.55. The highest BCUT2D eigenvalue weighted by Crippen LogP contribution is 2.19. The molecule has 2 aromatic heterocycles. The van der Waals surface area contributed by atoms with Crippen molar-refractivity contribution in [2.45, 2.75) is 0 Å². The zero-order valence-corrected chi connectivity index (χ0v) is 8.55. The maximum absolute atomic E-state index is 5.80. The quantitative estimate of drug-likeness (QED) is 0.742. The van der Waals surface area contributed by atoms with Crippen molar-refractivity contribution in [2.75, 3.05) is 0 Å². The molecule has 0 spiro atoms. The first-order valence-corrected chi connectivity index (χ1v) is 4.65. The molecule has 0 aliphatic heterocycles. The van der Waals surface area contributed by atoms with Crippen molar-refractivity contribution < 1.29 is 0 Å². The van der Waals surface area contributed by atoms with Crippen molar-refractivity contribution in [1.29, 1.82) is 0 Å². The lowest BCUT2D eigenvalue weighted by atomic mass is 10.2. The first-order chi connectivity index (χ1) is 6.75. The second kappa shape index (κ2) is 3.95. The number of hydrogen-bond acceptors (Lipinski definition) is 2. The monoisotopic (exact) mass is 223 g/mol. The summed E-state index contributed by atoms with van der Waals surface area (Å²) in [5, 5.41) is 1.14. The molecule has 0 bridgehead atoms. The number of nitrogens with zero attached hydrogens (tertiary/aromatic N) is 2. The molecule has 0 fully saturated rings. The molecule has 4 heteroatoms. The summed E-state index contributed by atoms with van der Waals surface area (Å²) in [7, 11) is 0. The van der Waals surface area contributed by atoms with Crippen molar-refractivity contribution in [2.24, 2.45) is 0 Å². The summed E-state index contributed by atoms with van der Waals surface area (Å²) in [6.07, 6.45) is 4.81. The van der Waals surface area contributed by atoms with Crippen LogP contribution in [0.15, 0.2) is 30.7 Å². The molecule has 0 amide bonds. The van der Waals surface area contributed by atoms with Gasteiger partial charge in [-0.05, 0) is 12.1 Å². The van der Waals surface area contributed by atoms with Crippen LogP contribution in [0.25, 0.3) is 11.3 Å². The van der Waals surface area contributed by atoms with Crippen molar-refractivity contribution >= 4 is 23.2 Å². The molecule has 0 atom stereocenters. The normalized spacial score (nSPS) is 10.1. The van der Waals surface area contributed by atoms with Gasteiger partial charge >= 0.3 is 0 Å². The molecule has 0 unspecified atom stereocenters. The van der Waals surface area contributed by atoms with Crippen molar-refractivity contribution in [3.63, 3.8) is 0 Å². The largest absolute Gasteiger partial charge is 0.262 e. The van der Waals surface area contributed by atoms with Crippen molar-refractivity contribution in [1.82, 2.24) is 9.97 Å². The Bertz CT molecular complexity index is 440. The molecule has 0 saturated carbocycles. The van der Waals surface area contributed by atoms with Gasteiger partial charge in [-0.3, -0.25) is 9.97 Å². The second-order valence-electron chi connectivity index (χ2n) is 2.67. The Morgan fingerprint density at radius 2 is 1.93 bits per heavy atom. The number of hydrogen-bond donors (Lipinski definition) is 0. The third kappa shape index (κ3) is 2.03. The molecule has 0 aromatic carbocycles. The van der Waals surface area contributed by atoms with Crippen molar-refractivity contribution in [3.05, 3.63) is 46.8 Å². The van der Waals surface area contributed by atoms with Gasteiger partial charge in [0.2, 0.25) is 0 Å². The average Bonchev–Trinajstić information content (AvgIpc) is 2.19. The SMILES string of the molecule is Clc1c[c]c(-c2cncc(Cl)c2)nc1. The summed E-state index contributed by atoms with van der Waals surface area (Å²) in [4.78, 5) is 8.06. The highest BCUT2D eigenvalue weighted by atomic mass is 35.5. The van der Waals surface area contributed by atoms with Crippen LogP contribution >= 0.6 is 23.2 Å². The van der Waals surface area contributed by atoms with Gasteiger partial charge in [-0.15, -0.1) is 0 Å². The molecule has 69 valence electrons. The third-order valence-electron chi connectivity index (χ3n) is 1.64. The smallest absolute Gasteiger partial charge is 0.0798 e. The van der Waals surface area contributed by atoms with Crippen LogP contribution in [-0.4, -0.2) is 9.97 Å². The average molecular weight is 224 g/mol. The minimum atomic E-state index is 0.559. The predicted molar refractivity (Wildman–Crippen MR) is 56.3 cm³/mol. The number of halogens is 2. The van der Waals surface area contributed by atoms with Crippen LogP contribution in [0.1, 0.15) is 0 Å². The fraction of sp³-hybridized carbons (Fsp3) is 0. The van der Waals surface area contributed by atoms with E-state index in [0.29, 0.717) is 15.7 Å². The molecule has 0 aliphatic carbocycles. The predicted octanol–water partition coefficient (Wildman–Crippen LogP) is 3.25. The molecule has 0 saturated heterocycles. The van der Waals surface area contributed by atoms with Gasteiger partial charge in [0.1, 0.15) is 0 Å². The van der Waals surface area contributed by atoms with E-state index in [2.05, 4.69) is 16.0 Å². The third-order valence-corrected chi connectivity index (χ3v) is 2.06. The summed E-state index contributed by atoms with van der Waals surface area (Å²) in [6.45, 7) is 0. The van der Waals surface area contributed by atoms with Crippen LogP contribution in [0.4, 0.5) is 0 Å². The molecule has 0 N–H and O–H groups in total. The lowest BCUT2D eigenvalue weighted by Crippen LogP contribution is -1.84. The van der Waals surface area contributed by atoms with E-state index in [1.165, 1.54) is 0 Å². The Hall–Kier alpha value is -1.12. The topological polar surface area (TPSA) is 25.8 Å². The highest BCUT2D eigenvalue weighted by molar-refractivity contribution is 6.31. The van der Waals surface area contributed by atoms with Crippen LogP contribution in [0.5, 0.6) is 0 Å². The Labute approximate surface area is 91.5 Å². The Morgan fingerprint density at radius 1 is 1.07 bits per heavy atom. The lowest BCUT2D eigenvalue weighted by Gasteiger charge is -1.99. The van der Waals surface area contributed by atoms with E-state index in [1.807, 2.05) is 0 Å². The van der Waals surface area contributed by atoms with Gasteiger partial charge in [-0.25, -0.2) is 0 Å². The van der Waals surface area contributed by atoms with E-state index in [0.717, 1.165) is 5.56 Å². The molecule has 14 heavy (non-hydrogen) atoms. The van der Waals surface area contributed by atoms with Gasteiger partial charge in [0.25, 0.3) is 0 Å². The van der Waals surface area contributed by atoms with E-state index in [-0.39, 0.29) is 0 Å². The molecule has 2 heterocycles. The standard InChI is InChI=1S/C10H5Cl2N2/c11-8-1-2-10(14-6-8)7-3-9(12)5-13-4-7/h1,3-6H. The van der Waals surface area contributed by atoms with Gasteiger partial charge < -0.3 is 0 Å². The van der Waals surface area contributed by atoms with Gasteiger partial charge in [0.15, 0.2) is 0 Å². The summed E-state index contributed by atoms with van der Waals surface area (Å²) in [5.74, 6) is 0. The first kappa shape index (κ1) is 9.44. The molecule has 2 rings (SSSR count). The Kier molecular flexibility index (Phi) is 2.66. The van der Waals surface area contributed by atoms with Crippen LogP contribution in [0.2, 0.25) is 10.0 Å². The summed E-state index contributed by atoms with van der Waals surface area (Å²) in [5.41, 5.74) is 1.51. The Morgan fingerprint density at radius 3 is 2.57 bits per heavy atom. The van der Waals surface area contributed by atoms with E-state index < -0.39 is 0 Å². The van der Waals surface area contributed by atoms with Crippen LogP contribution in [0.3, 0.4) is 0 Å². The zero-order valence-electron chi connectivity index (χ0n) is 7.04.